The van der Waals surface area contributed by atoms with Gasteiger partial charge in [0, 0.05) is 24.5 Å². The fraction of sp³-hybridized carbons (Fsp3) is 0.235. The summed E-state index contributed by atoms with van der Waals surface area (Å²) in [4.78, 5) is 29.5. The van der Waals surface area contributed by atoms with Crippen LogP contribution in [0.3, 0.4) is 0 Å². The molecule has 4 aromatic carbocycles. The van der Waals surface area contributed by atoms with Crippen molar-refractivity contribution in [3.05, 3.63) is 130 Å². The Labute approximate surface area is 259 Å². The molecule has 0 aliphatic rings. The van der Waals surface area contributed by atoms with Crippen LogP contribution in [0.25, 0.3) is 0 Å². The molecule has 0 saturated carbocycles. The predicted molar refractivity (Wildman–Crippen MR) is 172 cm³/mol. The molecule has 0 aliphatic heterocycles. The molecule has 0 aromatic heterocycles. The second-order valence-electron chi connectivity index (χ2n) is 10.3. The second-order valence-corrected chi connectivity index (χ2v) is 12.6. The van der Waals surface area contributed by atoms with Gasteiger partial charge in [-0.1, -0.05) is 96.0 Å². The molecule has 0 radical (unpaired) electrons. The number of carbonyl (C=O) groups is 2. The molecule has 7 nitrogen and oxygen atoms in total. The zero-order valence-corrected chi connectivity index (χ0v) is 26.1. The van der Waals surface area contributed by atoms with Gasteiger partial charge in [-0.25, -0.2) is 8.42 Å². The van der Waals surface area contributed by atoms with E-state index in [9.17, 15) is 18.0 Å². The number of likely N-dealkylation sites (N-methyl/N-ethyl adjacent to an activating group) is 1. The zero-order chi connectivity index (χ0) is 31.0. The summed E-state index contributed by atoms with van der Waals surface area (Å²) in [6, 6.07) is 29.2. The number of halogens is 1. The van der Waals surface area contributed by atoms with Crippen LogP contribution in [0, 0.1) is 13.8 Å². The molecule has 1 N–H and O–H groups in total. The molecule has 1 atom stereocenters. The summed E-state index contributed by atoms with van der Waals surface area (Å²) in [6.45, 7) is 5.47. The maximum absolute atomic E-state index is 14.4. The summed E-state index contributed by atoms with van der Waals surface area (Å²) < 4.78 is 29.2. The molecule has 0 spiro atoms. The van der Waals surface area contributed by atoms with Crippen LogP contribution in [0.4, 0.5) is 5.69 Å². The lowest BCUT2D eigenvalue weighted by molar-refractivity contribution is -0.140. The van der Waals surface area contributed by atoms with Gasteiger partial charge in [0.05, 0.1) is 10.6 Å². The highest BCUT2D eigenvalue weighted by Crippen LogP contribution is 2.31. The van der Waals surface area contributed by atoms with Crippen molar-refractivity contribution in [1.29, 1.82) is 0 Å². The first kappa shape index (κ1) is 31.8. The van der Waals surface area contributed by atoms with E-state index in [2.05, 4.69) is 5.32 Å². The highest BCUT2D eigenvalue weighted by atomic mass is 35.5. The van der Waals surface area contributed by atoms with E-state index in [0.717, 1.165) is 21.0 Å². The molecule has 4 aromatic rings. The molecular weight excluding hydrogens is 582 g/mol. The predicted octanol–water partition coefficient (Wildman–Crippen LogP) is 5.93. The number of anilines is 1. The standard InChI is InChI=1S/C34H36ClN3O4S/c1-4-36-34(40)32(22-27-12-7-5-8-13-27)37(23-28-20-18-25(2)19-21-28)33(39)24-38(31-17-11-16-30(35)26(31)3)43(41,42)29-14-9-6-10-15-29/h5-21,32H,4,22-24H2,1-3H3,(H,36,40)/t32-/m0/s1. The molecule has 0 bridgehead atoms. The molecule has 224 valence electrons. The normalized spacial score (nSPS) is 11.9. The summed E-state index contributed by atoms with van der Waals surface area (Å²) in [5.74, 6) is -0.838. The van der Waals surface area contributed by atoms with Crippen LogP contribution in [0.5, 0.6) is 0 Å². The average molecular weight is 618 g/mol. The lowest BCUT2D eigenvalue weighted by Gasteiger charge is -2.34. The fourth-order valence-corrected chi connectivity index (χ4v) is 6.50. The first-order chi connectivity index (χ1) is 20.6. The minimum atomic E-state index is -4.19. The molecule has 0 heterocycles. The van der Waals surface area contributed by atoms with Crippen LogP contribution < -0.4 is 9.62 Å². The van der Waals surface area contributed by atoms with E-state index in [4.69, 9.17) is 11.6 Å². The summed E-state index contributed by atoms with van der Waals surface area (Å²) in [5, 5.41) is 3.25. The molecule has 2 amide bonds. The molecule has 4 rings (SSSR count). The minimum absolute atomic E-state index is 0.0387. The largest absolute Gasteiger partial charge is 0.355 e. The fourth-order valence-electron chi connectivity index (χ4n) is 4.84. The maximum Gasteiger partial charge on any atom is 0.264 e. The van der Waals surface area contributed by atoms with Gasteiger partial charge in [-0.05, 0) is 61.7 Å². The van der Waals surface area contributed by atoms with E-state index < -0.39 is 28.5 Å². The Bertz CT molecular complexity index is 1650. The van der Waals surface area contributed by atoms with Crippen LogP contribution in [0.1, 0.15) is 29.2 Å². The van der Waals surface area contributed by atoms with Gasteiger partial charge in [0.25, 0.3) is 10.0 Å². The highest BCUT2D eigenvalue weighted by Gasteiger charge is 2.35. The smallest absolute Gasteiger partial charge is 0.264 e. The van der Waals surface area contributed by atoms with Gasteiger partial charge < -0.3 is 10.2 Å². The van der Waals surface area contributed by atoms with Crippen molar-refractivity contribution >= 4 is 39.1 Å². The molecule has 0 saturated heterocycles. The number of aryl methyl sites for hydroxylation is 1. The number of nitrogens with zero attached hydrogens (tertiary/aromatic N) is 2. The number of nitrogens with one attached hydrogen (secondary N) is 1. The van der Waals surface area contributed by atoms with Gasteiger partial charge in [-0.2, -0.15) is 0 Å². The van der Waals surface area contributed by atoms with Crippen LogP contribution in [-0.4, -0.2) is 44.3 Å². The quantitative estimate of drug-likeness (QED) is 0.214. The highest BCUT2D eigenvalue weighted by molar-refractivity contribution is 7.92. The van der Waals surface area contributed by atoms with Crippen molar-refractivity contribution in [2.45, 2.75) is 44.7 Å². The zero-order valence-electron chi connectivity index (χ0n) is 24.5. The van der Waals surface area contributed by atoms with E-state index in [0.29, 0.717) is 17.1 Å². The third kappa shape index (κ3) is 7.83. The van der Waals surface area contributed by atoms with Crippen LogP contribution >= 0.6 is 11.6 Å². The van der Waals surface area contributed by atoms with Gasteiger partial charge in [0.1, 0.15) is 12.6 Å². The number of hydrogen-bond acceptors (Lipinski definition) is 4. The van der Waals surface area contributed by atoms with Crippen molar-refractivity contribution in [2.24, 2.45) is 0 Å². The maximum atomic E-state index is 14.4. The van der Waals surface area contributed by atoms with Gasteiger partial charge in [-0.15, -0.1) is 0 Å². The van der Waals surface area contributed by atoms with Crippen molar-refractivity contribution in [3.63, 3.8) is 0 Å². The van der Waals surface area contributed by atoms with Crippen LogP contribution in [-0.2, 0) is 32.6 Å². The Morgan fingerprint density at radius 2 is 1.44 bits per heavy atom. The molecule has 43 heavy (non-hydrogen) atoms. The number of carbonyl (C=O) groups excluding carboxylic acids is 2. The summed E-state index contributed by atoms with van der Waals surface area (Å²) >= 11 is 6.42. The minimum Gasteiger partial charge on any atom is -0.355 e. The van der Waals surface area contributed by atoms with E-state index >= 15 is 0 Å². The van der Waals surface area contributed by atoms with Gasteiger partial charge >= 0.3 is 0 Å². The lowest BCUT2D eigenvalue weighted by Crippen LogP contribution is -2.53. The summed E-state index contributed by atoms with van der Waals surface area (Å²) in [7, 11) is -4.19. The van der Waals surface area contributed by atoms with Crippen molar-refractivity contribution in [3.8, 4) is 0 Å². The Kier molecular flexibility index (Phi) is 10.6. The third-order valence-corrected chi connectivity index (χ3v) is 9.40. The van der Waals surface area contributed by atoms with Gasteiger partial charge in [0.2, 0.25) is 11.8 Å². The molecule has 0 fully saturated rings. The van der Waals surface area contributed by atoms with E-state index in [-0.39, 0.29) is 29.5 Å². The Hall–Kier alpha value is -4.14. The number of sulfonamides is 1. The first-order valence-electron chi connectivity index (χ1n) is 14.1. The van der Waals surface area contributed by atoms with Crippen LogP contribution in [0.15, 0.2) is 108 Å². The van der Waals surface area contributed by atoms with E-state index in [1.54, 1.807) is 43.3 Å². The average Bonchev–Trinajstić information content (AvgIpc) is 3.01. The summed E-state index contributed by atoms with van der Waals surface area (Å²) in [6.07, 6.45) is 0.256. The topological polar surface area (TPSA) is 86.8 Å². The number of benzene rings is 4. The SMILES string of the molecule is CCNC(=O)[C@H](Cc1ccccc1)N(Cc1ccc(C)cc1)C(=O)CN(c1cccc(Cl)c1C)S(=O)(=O)c1ccccc1. The van der Waals surface area contributed by atoms with E-state index in [1.807, 2.05) is 68.4 Å². The van der Waals surface area contributed by atoms with Gasteiger partial charge in [0.15, 0.2) is 0 Å². The first-order valence-corrected chi connectivity index (χ1v) is 15.9. The lowest BCUT2D eigenvalue weighted by atomic mass is 10.0. The molecule has 0 aliphatic carbocycles. The third-order valence-electron chi connectivity index (χ3n) is 7.21. The van der Waals surface area contributed by atoms with Gasteiger partial charge in [-0.3, -0.25) is 13.9 Å². The van der Waals surface area contributed by atoms with Crippen molar-refractivity contribution in [1.82, 2.24) is 10.2 Å². The number of amides is 2. The monoisotopic (exact) mass is 617 g/mol. The van der Waals surface area contributed by atoms with E-state index in [1.165, 1.54) is 17.0 Å². The molecule has 0 unspecified atom stereocenters. The Balaban J connectivity index is 1.81. The van der Waals surface area contributed by atoms with Crippen molar-refractivity contribution < 1.29 is 18.0 Å². The second kappa shape index (κ2) is 14.4. The number of hydrogen-bond donors (Lipinski definition) is 1. The Morgan fingerprint density at radius 3 is 2.07 bits per heavy atom. The Morgan fingerprint density at radius 1 is 0.814 bits per heavy atom. The summed E-state index contributed by atoms with van der Waals surface area (Å²) in [5.41, 5.74) is 3.56. The molecular formula is C34H36ClN3O4S. The molecule has 9 heteroatoms. The van der Waals surface area contributed by atoms with Crippen LogP contribution in [0.2, 0.25) is 5.02 Å². The number of rotatable bonds is 12. The van der Waals surface area contributed by atoms with Crippen molar-refractivity contribution in [2.75, 3.05) is 17.4 Å².